The van der Waals surface area contributed by atoms with Crippen LogP contribution in [0.15, 0.2) is 18.2 Å². The number of halogens is 1. The summed E-state index contributed by atoms with van der Waals surface area (Å²) in [6.45, 7) is 5.19. The predicted molar refractivity (Wildman–Crippen MR) is 60.6 cm³/mol. The van der Waals surface area contributed by atoms with Crippen LogP contribution >= 0.6 is 0 Å². The quantitative estimate of drug-likeness (QED) is 0.746. The van der Waals surface area contributed by atoms with Crippen LogP contribution in [0.2, 0.25) is 0 Å². The third-order valence-electron chi connectivity index (χ3n) is 3.21. The summed E-state index contributed by atoms with van der Waals surface area (Å²) in [7, 11) is 0. The highest BCUT2D eigenvalue weighted by molar-refractivity contribution is 5.27. The highest BCUT2D eigenvalue weighted by atomic mass is 19.1. The van der Waals surface area contributed by atoms with E-state index in [0.717, 1.165) is 30.5 Å². The van der Waals surface area contributed by atoms with Gasteiger partial charge < -0.3 is 5.32 Å². The van der Waals surface area contributed by atoms with Crippen molar-refractivity contribution >= 4 is 0 Å². The molecule has 1 saturated heterocycles. The van der Waals surface area contributed by atoms with Gasteiger partial charge in [0.25, 0.3) is 0 Å². The number of aryl methyl sites for hydroxylation is 1. The Kier molecular flexibility index (Phi) is 3.06. The topological polar surface area (TPSA) is 12.0 Å². The van der Waals surface area contributed by atoms with Crippen LogP contribution in [0.1, 0.15) is 36.8 Å². The smallest absolute Gasteiger partial charge is 0.126 e. The largest absolute Gasteiger partial charge is 0.314 e. The molecule has 1 nitrogen and oxygen atoms in total. The van der Waals surface area contributed by atoms with Gasteiger partial charge in [-0.1, -0.05) is 17.7 Å². The number of benzene rings is 1. The Hall–Kier alpha value is -0.890. The lowest BCUT2D eigenvalue weighted by Gasteiger charge is -2.28. The van der Waals surface area contributed by atoms with Gasteiger partial charge in [-0.2, -0.15) is 0 Å². The van der Waals surface area contributed by atoms with Crippen LogP contribution in [-0.2, 0) is 0 Å². The van der Waals surface area contributed by atoms with E-state index in [9.17, 15) is 4.39 Å². The maximum Gasteiger partial charge on any atom is 0.126 e. The summed E-state index contributed by atoms with van der Waals surface area (Å²) in [6.07, 6.45) is 2.09. The SMILES string of the molecule is Cc1ccc(F)c(C2CCNC(C)C2)c1. The fraction of sp³-hybridized carbons (Fsp3) is 0.538. The third-order valence-corrected chi connectivity index (χ3v) is 3.21. The van der Waals surface area contributed by atoms with Gasteiger partial charge in [-0.3, -0.25) is 0 Å². The molecule has 1 aliphatic heterocycles. The summed E-state index contributed by atoms with van der Waals surface area (Å²) >= 11 is 0. The first-order valence-corrected chi connectivity index (χ1v) is 5.66. The Morgan fingerprint density at radius 2 is 2.20 bits per heavy atom. The third kappa shape index (κ3) is 2.37. The minimum Gasteiger partial charge on any atom is -0.314 e. The van der Waals surface area contributed by atoms with Gasteiger partial charge in [0.05, 0.1) is 0 Å². The molecule has 0 bridgehead atoms. The van der Waals surface area contributed by atoms with Crippen LogP contribution < -0.4 is 5.32 Å². The predicted octanol–water partition coefficient (Wildman–Crippen LogP) is 2.99. The Morgan fingerprint density at radius 3 is 2.93 bits per heavy atom. The Bertz CT molecular complexity index is 348. The molecule has 15 heavy (non-hydrogen) atoms. The van der Waals surface area contributed by atoms with Crippen molar-refractivity contribution in [2.24, 2.45) is 0 Å². The fourth-order valence-electron chi connectivity index (χ4n) is 2.39. The molecule has 82 valence electrons. The molecule has 1 aromatic carbocycles. The molecule has 2 unspecified atom stereocenters. The van der Waals surface area contributed by atoms with Crippen LogP contribution in [0.4, 0.5) is 4.39 Å². The molecule has 0 spiro atoms. The van der Waals surface area contributed by atoms with Crippen molar-refractivity contribution in [2.45, 2.75) is 38.6 Å². The van der Waals surface area contributed by atoms with Gasteiger partial charge in [0.15, 0.2) is 0 Å². The highest BCUT2D eigenvalue weighted by Gasteiger charge is 2.22. The molecule has 1 heterocycles. The number of hydrogen-bond donors (Lipinski definition) is 1. The number of rotatable bonds is 1. The molecule has 2 atom stereocenters. The van der Waals surface area contributed by atoms with E-state index in [1.165, 1.54) is 0 Å². The van der Waals surface area contributed by atoms with Crippen LogP contribution in [0.5, 0.6) is 0 Å². The summed E-state index contributed by atoms with van der Waals surface area (Å²) in [5.41, 5.74) is 2.06. The van der Waals surface area contributed by atoms with Gasteiger partial charge in [-0.15, -0.1) is 0 Å². The second-order valence-corrected chi connectivity index (χ2v) is 4.60. The van der Waals surface area contributed by atoms with E-state index in [0.29, 0.717) is 12.0 Å². The van der Waals surface area contributed by atoms with Crippen molar-refractivity contribution < 1.29 is 4.39 Å². The molecule has 1 aromatic rings. The maximum absolute atomic E-state index is 13.7. The molecule has 0 aromatic heterocycles. The van der Waals surface area contributed by atoms with Crippen LogP contribution in [0.25, 0.3) is 0 Å². The molecule has 1 aliphatic rings. The zero-order valence-electron chi connectivity index (χ0n) is 9.39. The van der Waals surface area contributed by atoms with Crippen molar-refractivity contribution in [1.29, 1.82) is 0 Å². The van der Waals surface area contributed by atoms with Gasteiger partial charge >= 0.3 is 0 Å². The normalized spacial score (nSPS) is 26.6. The molecule has 2 rings (SSSR count). The molecule has 0 amide bonds. The molecule has 0 aliphatic carbocycles. The van der Waals surface area contributed by atoms with Crippen molar-refractivity contribution in [3.05, 3.63) is 35.1 Å². The van der Waals surface area contributed by atoms with Gasteiger partial charge in [0.1, 0.15) is 5.82 Å². The molecule has 1 N–H and O–H groups in total. The van der Waals surface area contributed by atoms with E-state index in [4.69, 9.17) is 0 Å². The van der Waals surface area contributed by atoms with E-state index in [-0.39, 0.29) is 5.82 Å². The summed E-state index contributed by atoms with van der Waals surface area (Å²) in [5.74, 6) is 0.348. The lowest BCUT2D eigenvalue weighted by Crippen LogP contribution is -2.35. The Balaban J connectivity index is 2.24. The molecule has 1 fully saturated rings. The Labute approximate surface area is 90.7 Å². The first-order chi connectivity index (χ1) is 7.16. The van der Waals surface area contributed by atoms with Crippen LogP contribution in [0, 0.1) is 12.7 Å². The maximum atomic E-state index is 13.7. The number of nitrogens with one attached hydrogen (secondary N) is 1. The van der Waals surface area contributed by atoms with Gasteiger partial charge in [-0.25, -0.2) is 4.39 Å². The molecule has 2 heteroatoms. The second-order valence-electron chi connectivity index (χ2n) is 4.60. The average molecular weight is 207 g/mol. The van der Waals surface area contributed by atoms with Crippen molar-refractivity contribution in [1.82, 2.24) is 5.32 Å². The van der Waals surface area contributed by atoms with Gasteiger partial charge in [-0.05, 0) is 50.8 Å². The minimum absolute atomic E-state index is 0.0419. The van der Waals surface area contributed by atoms with Crippen molar-refractivity contribution in [2.75, 3.05) is 6.54 Å². The lowest BCUT2D eigenvalue weighted by molar-refractivity contribution is 0.373. The monoisotopic (exact) mass is 207 g/mol. The standard InChI is InChI=1S/C13H18FN/c1-9-3-4-13(14)12(7-9)11-5-6-15-10(2)8-11/h3-4,7,10-11,15H,5-6,8H2,1-2H3. The molecular weight excluding hydrogens is 189 g/mol. The minimum atomic E-state index is -0.0419. The first-order valence-electron chi connectivity index (χ1n) is 5.66. The zero-order chi connectivity index (χ0) is 10.8. The summed E-state index contributed by atoms with van der Waals surface area (Å²) in [4.78, 5) is 0. The summed E-state index contributed by atoms with van der Waals surface area (Å²) < 4.78 is 13.7. The van der Waals surface area contributed by atoms with Crippen molar-refractivity contribution in [3.8, 4) is 0 Å². The van der Waals surface area contributed by atoms with Gasteiger partial charge in [0, 0.05) is 6.04 Å². The van der Waals surface area contributed by atoms with Crippen LogP contribution in [0.3, 0.4) is 0 Å². The fourth-order valence-corrected chi connectivity index (χ4v) is 2.39. The molecule has 0 saturated carbocycles. The van der Waals surface area contributed by atoms with E-state index in [2.05, 4.69) is 12.2 Å². The van der Waals surface area contributed by atoms with E-state index in [1.54, 1.807) is 6.07 Å². The van der Waals surface area contributed by atoms with Crippen molar-refractivity contribution in [3.63, 3.8) is 0 Å². The molecular formula is C13H18FN. The highest BCUT2D eigenvalue weighted by Crippen LogP contribution is 2.29. The summed E-state index contributed by atoms with van der Waals surface area (Å²) in [6, 6.07) is 5.93. The number of hydrogen-bond acceptors (Lipinski definition) is 1. The lowest BCUT2D eigenvalue weighted by atomic mass is 9.86. The first kappa shape index (κ1) is 10.6. The van der Waals surface area contributed by atoms with Crippen LogP contribution in [-0.4, -0.2) is 12.6 Å². The number of piperidine rings is 1. The van der Waals surface area contributed by atoms with E-state index in [1.807, 2.05) is 19.1 Å². The Morgan fingerprint density at radius 1 is 1.40 bits per heavy atom. The molecule has 0 radical (unpaired) electrons. The zero-order valence-corrected chi connectivity index (χ0v) is 9.39. The van der Waals surface area contributed by atoms with E-state index >= 15 is 0 Å². The second kappa shape index (κ2) is 4.31. The van der Waals surface area contributed by atoms with Gasteiger partial charge in [0.2, 0.25) is 0 Å². The summed E-state index contributed by atoms with van der Waals surface area (Å²) in [5, 5.41) is 3.39. The average Bonchev–Trinajstić information content (AvgIpc) is 2.22. The van der Waals surface area contributed by atoms with E-state index < -0.39 is 0 Å².